The predicted octanol–water partition coefficient (Wildman–Crippen LogP) is 2.22. The topological polar surface area (TPSA) is 104 Å². The number of nitrogens with two attached hydrogens (primary N) is 1. The number of amides is 3. The Labute approximate surface area is 153 Å². The number of nitrogens with zero attached hydrogens (tertiary/aromatic N) is 1. The minimum atomic E-state index is -0.792. The smallest absolute Gasteiger partial charge is 0.414 e. The number of thioether (sulfide) groups is 1. The summed E-state index contributed by atoms with van der Waals surface area (Å²) in [7, 11) is 0. The lowest BCUT2D eigenvalue weighted by Crippen LogP contribution is -2.62. The normalized spacial score (nSPS) is 24.6. The van der Waals surface area contributed by atoms with Gasteiger partial charge in [0.15, 0.2) is 5.12 Å². The highest BCUT2D eigenvalue weighted by Crippen LogP contribution is 2.34. The van der Waals surface area contributed by atoms with Crippen molar-refractivity contribution in [2.45, 2.75) is 65.5 Å². The van der Waals surface area contributed by atoms with E-state index in [1.54, 1.807) is 20.8 Å². The van der Waals surface area contributed by atoms with Gasteiger partial charge in [0.2, 0.25) is 5.91 Å². The molecular weight excluding hydrogens is 344 g/mol. The first-order valence-corrected chi connectivity index (χ1v) is 9.46. The van der Waals surface area contributed by atoms with Crippen LogP contribution in [0, 0.1) is 5.92 Å². The Balaban J connectivity index is 3.18. The van der Waals surface area contributed by atoms with E-state index in [1.165, 1.54) is 6.92 Å². The lowest BCUT2D eigenvalue weighted by molar-refractivity contribution is -0.795. The minimum Gasteiger partial charge on any atom is -0.414 e. The zero-order valence-electron chi connectivity index (χ0n) is 15.7. The van der Waals surface area contributed by atoms with E-state index in [-0.39, 0.29) is 29.2 Å². The van der Waals surface area contributed by atoms with Crippen LogP contribution < -0.4 is 5.73 Å². The van der Waals surface area contributed by atoms with E-state index in [2.05, 4.69) is 0 Å². The number of rotatable bonds is 5. The summed E-state index contributed by atoms with van der Waals surface area (Å²) < 4.78 is 5.08. The maximum atomic E-state index is 13.3. The summed E-state index contributed by atoms with van der Waals surface area (Å²) >= 11 is 0.964. The second-order valence-electron chi connectivity index (χ2n) is 7.57. The SMILES string of the molecule is CC(=O)SCC(CC(N)=O)C(=O)[N+]1(C(=O)OC(C)(C)C)CCC[C@H]1C. The second kappa shape index (κ2) is 8.31. The van der Waals surface area contributed by atoms with Crippen LogP contribution in [0.2, 0.25) is 0 Å². The summed E-state index contributed by atoms with van der Waals surface area (Å²) in [6.07, 6.45) is 0.655. The highest BCUT2D eigenvalue weighted by Gasteiger charge is 2.56. The van der Waals surface area contributed by atoms with Gasteiger partial charge in [-0.1, -0.05) is 11.8 Å². The molecule has 1 aliphatic heterocycles. The molecular formula is C17H29N2O5S+. The molecule has 0 bridgehead atoms. The molecule has 1 saturated heterocycles. The number of ether oxygens (including phenoxy) is 1. The quantitative estimate of drug-likeness (QED) is 0.741. The van der Waals surface area contributed by atoms with Crippen molar-refractivity contribution in [3.05, 3.63) is 0 Å². The minimum absolute atomic E-state index is 0.132. The Morgan fingerprint density at radius 3 is 2.28 bits per heavy atom. The van der Waals surface area contributed by atoms with Crippen molar-refractivity contribution >= 4 is 34.8 Å². The van der Waals surface area contributed by atoms with Crippen LogP contribution in [0.3, 0.4) is 0 Å². The van der Waals surface area contributed by atoms with Gasteiger partial charge in [-0.15, -0.1) is 0 Å². The van der Waals surface area contributed by atoms with Crippen LogP contribution in [-0.2, 0) is 19.1 Å². The van der Waals surface area contributed by atoms with Crippen molar-refractivity contribution in [3.63, 3.8) is 0 Å². The van der Waals surface area contributed by atoms with Gasteiger partial charge in [0.1, 0.15) is 11.6 Å². The summed E-state index contributed by atoms with van der Waals surface area (Å²) in [6.45, 7) is 8.83. The van der Waals surface area contributed by atoms with Crippen LogP contribution in [0.4, 0.5) is 4.79 Å². The maximum Gasteiger partial charge on any atom is 0.524 e. The van der Waals surface area contributed by atoms with E-state index >= 15 is 0 Å². The number of imide groups is 1. The third-order valence-electron chi connectivity index (χ3n) is 4.28. The number of primary amides is 1. The first-order valence-electron chi connectivity index (χ1n) is 8.47. The van der Waals surface area contributed by atoms with Gasteiger partial charge < -0.3 is 10.5 Å². The highest BCUT2D eigenvalue weighted by atomic mass is 32.2. The number of hydrogen-bond donors (Lipinski definition) is 1. The number of carbonyl (C=O) groups is 4. The van der Waals surface area contributed by atoms with Gasteiger partial charge >= 0.3 is 12.0 Å². The van der Waals surface area contributed by atoms with Crippen LogP contribution in [-0.4, -0.2) is 51.4 Å². The standard InChI is InChI=1S/C17H28N2O5S/c1-11-7-6-8-19(11,16(23)24-17(3,4)5)15(22)13(9-14(18)21)10-25-12(2)20/h11,13H,6-10H2,1-5H3,(H-,18,21)/p+1/t11-,13?,19?/m1/s1. The van der Waals surface area contributed by atoms with Crippen molar-refractivity contribution in [3.8, 4) is 0 Å². The zero-order valence-corrected chi connectivity index (χ0v) is 16.5. The first kappa shape index (κ1) is 21.6. The van der Waals surface area contributed by atoms with E-state index in [0.29, 0.717) is 13.0 Å². The molecule has 0 aromatic carbocycles. The average molecular weight is 373 g/mol. The molecule has 2 N–H and O–H groups in total. The molecule has 8 heteroatoms. The fourth-order valence-corrected chi connectivity index (χ4v) is 3.81. The third kappa shape index (κ3) is 5.54. The predicted molar refractivity (Wildman–Crippen MR) is 95.5 cm³/mol. The molecule has 0 aromatic rings. The van der Waals surface area contributed by atoms with E-state index in [1.807, 2.05) is 6.92 Å². The lowest BCUT2D eigenvalue weighted by Gasteiger charge is -2.36. The van der Waals surface area contributed by atoms with Crippen molar-refractivity contribution < 1.29 is 28.4 Å². The fourth-order valence-electron chi connectivity index (χ4n) is 3.11. The monoisotopic (exact) mass is 373 g/mol. The number of hydrogen-bond acceptors (Lipinski definition) is 6. The van der Waals surface area contributed by atoms with Gasteiger partial charge in [0.05, 0.1) is 12.5 Å². The second-order valence-corrected chi connectivity index (χ2v) is 8.77. The Morgan fingerprint density at radius 2 is 1.88 bits per heavy atom. The third-order valence-corrected chi connectivity index (χ3v) is 5.26. The molecule has 0 aromatic heterocycles. The van der Waals surface area contributed by atoms with Crippen LogP contribution in [0.1, 0.15) is 53.9 Å². The van der Waals surface area contributed by atoms with Gasteiger partial charge in [0, 0.05) is 31.9 Å². The van der Waals surface area contributed by atoms with Crippen molar-refractivity contribution in [2.75, 3.05) is 12.3 Å². The van der Waals surface area contributed by atoms with Gasteiger partial charge in [-0.05, 0) is 27.7 Å². The van der Waals surface area contributed by atoms with Gasteiger partial charge in [-0.25, -0.2) is 4.79 Å². The summed E-state index contributed by atoms with van der Waals surface area (Å²) in [6, 6.07) is -0.236. The molecule has 0 spiro atoms. The summed E-state index contributed by atoms with van der Waals surface area (Å²) in [5, 5.41) is -0.152. The van der Waals surface area contributed by atoms with Crippen molar-refractivity contribution in [1.29, 1.82) is 0 Å². The molecule has 25 heavy (non-hydrogen) atoms. The molecule has 2 unspecified atom stereocenters. The average Bonchev–Trinajstić information content (AvgIpc) is 2.83. The molecule has 1 aliphatic rings. The van der Waals surface area contributed by atoms with Crippen LogP contribution in [0.25, 0.3) is 0 Å². The number of carbonyl (C=O) groups excluding carboxylic acids is 4. The van der Waals surface area contributed by atoms with E-state index < -0.39 is 28.0 Å². The van der Waals surface area contributed by atoms with Crippen LogP contribution in [0.5, 0.6) is 0 Å². The summed E-state index contributed by atoms with van der Waals surface area (Å²) in [5.74, 6) is -1.67. The van der Waals surface area contributed by atoms with Gasteiger partial charge in [-0.3, -0.25) is 9.59 Å². The molecule has 142 valence electrons. The molecule has 1 rings (SSSR count). The van der Waals surface area contributed by atoms with E-state index in [9.17, 15) is 19.2 Å². The molecule has 1 heterocycles. The molecule has 0 radical (unpaired) electrons. The molecule has 3 amide bonds. The fraction of sp³-hybridized carbons (Fsp3) is 0.765. The van der Waals surface area contributed by atoms with Gasteiger partial charge in [-0.2, -0.15) is 9.28 Å². The molecule has 3 atom stereocenters. The molecule has 1 fully saturated rings. The number of quaternary nitrogens is 1. The Morgan fingerprint density at radius 1 is 1.28 bits per heavy atom. The summed E-state index contributed by atoms with van der Waals surface area (Å²) in [4.78, 5) is 48.9. The molecule has 0 saturated carbocycles. The molecule has 7 nitrogen and oxygen atoms in total. The van der Waals surface area contributed by atoms with Crippen molar-refractivity contribution in [1.82, 2.24) is 0 Å². The Bertz CT molecular complexity index is 558. The van der Waals surface area contributed by atoms with Crippen LogP contribution in [0.15, 0.2) is 0 Å². The number of likely N-dealkylation sites (tertiary alicyclic amines) is 1. The highest BCUT2D eigenvalue weighted by molar-refractivity contribution is 8.13. The maximum absolute atomic E-state index is 13.3. The lowest BCUT2D eigenvalue weighted by atomic mass is 10.0. The van der Waals surface area contributed by atoms with E-state index in [4.69, 9.17) is 10.5 Å². The molecule has 0 aliphatic carbocycles. The zero-order chi connectivity index (χ0) is 19.4. The largest absolute Gasteiger partial charge is 0.524 e. The Hall–Kier alpha value is -1.41. The van der Waals surface area contributed by atoms with E-state index in [0.717, 1.165) is 18.2 Å². The Kier molecular flexibility index (Phi) is 7.19. The van der Waals surface area contributed by atoms with Crippen molar-refractivity contribution in [2.24, 2.45) is 11.7 Å². The van der Waals surface area contributed by atoms with Gasteiger partial charge in [0.25, 0.3) is 0 Å². The first-order chi connectivity index (χ1) is 11.4. The van der Waals surface area contributed by atoms with Crippen LogP contribution >= 0.6 is 11.8 Å². The summed E-state index contributed by atoms with van der Waals surface area (Å²) in [5.41, 5.74) is 4.56.